The second-order valence-electron chi connectivity index (χ2n) is 2.18. The second kappa shape index (κ2) is 3.54. The minimum atomic E-state index is -0.190. The number of hydrogen-bond acceptors (Lipinski definition) is 0. The Hall–Kier alpha value is -0.810. The molecule has 0 aliphatic rings. The molecule has 0 saturated carbocycles. The summed E-state index contributed by atoms with van der Waals surface area (Å²) in [5, 5.41) is 0. The molecule has 0 atom stereocenters. The van der Waals surface area contributed by atoms with Gasteiger partial charge in [0.15, 0.2) is 0 Å². The van der Waals surface area contributed by atoms with Crippen molar-refractivity contribution in [3.63, 3.8) is 0 Å². The van der Waals surface area contributed by atoms with E-state index >= 15 is 0 Å². The highest BCUT2D eigenvalue weighted by Gasteiger charge is 1.95. The van der Waals surface area contributed by atoms with Crippen LogP contribution in [0.3, 0.4) is 0 Å². The van der Waals surface area contributed by atoms with Gasteiger partial charge in [-0.1, -0.05) is 5.92 Å². The van der Waals surface area contributed by atoms with E-state index in [-0.39, 0.29) is 5.82 Å². The van der Waals surface area contributed by atoms with Gasteiger partial charge in [0.2, 0.25) is 0 Å². The van der Waals surface area contributed by atoms with E-state index in [2.05, 4.69) is 26.7 Å². The molecule has 0 aliphatic carbocycles. The van der Waals surface area contributed by atoms with Gasteiger partial charge in [-0.05, 0) is 35.5 Å². The highest BCUT2D eigenvalue weighted by Crippen LogP contribution is 2.07. The summed E-state index contributed by atoms with van der Waals surface area (Å²) in [5.74, 6) is 2.59. The summed E-state index contributed by atoms with van der Waals surface area (Å²) in [6, 6.07) is 4.78. The van der Waals surface area contributed by atoms with E-state index in [1.54, 1.807) is 19.1 Å². The number of benzene rings is 1. The summed E-state index contributed by atoms with van der Waals surface area (Å²) in [6.07, 6.45) is 0. The minimum absolute atomic E-state index is 0.190. The fourth-order valence-electron chi connectivity index (χ4n) is 0.777. The van der Waals surface area contributed by atoms with E-state index in [9.17, 15) is 4.39 Å². The first-order valence-corrected chi connectivity index (χ1v) is 3.91. The number of aryl methyl sites for hydroxylation is 1. The van der Waals surface area contributed by atoms with Gasteiger partial charge >= 0.3 is 0 Å². The summed E-state index contributed by atoms with van der Waals surface area (Å²) in [5.41, 5.74) is 1.44. The number of halogens is 2. The maximum Gasteiger partial charge on any atom is 0.126 e. The molecule has 0 aromatic heterocycles. The van der Waals surface area contributed by atoms with E-state index in [1.807, 2.05) is 0 Å². The van der Waals surface area contributed by atoms with Crippen LogP contribution < -0.4 is 0 Å². The molecule has 0 unspecified atom stereocenters. The predicted molar refractivity (Wildman–Crippen MR) is 46.9 cm³/mol. The lowest BCUT2D eigenvalue weighted by Gasteiger charge is -1.94. The fraction of sp³-hybridized carbons (Fsp3) is 0.111. The third-order valence-electron chi connectivity index (χ3n) is 1.35. The van der Waals surface area contributed by atoms with Crippen LogP contribution in [0.2, 0.25) is 0 Å². The van der Waals surface area contributed by atoms with Gasteiger partial charge in [-0.2, -0.15) is 0 Å². The van der Waals surface area contributed by atoms with Crippen LogP contribution in [0.5, 0.6) is 0 Å². The molecule has 1 rings (SSSR count). The van der Waals surface area contributed by atoms with Crippen molar-refractivity contribution in [2.45, 2.75) is 6.92 Å². The van der Waals surface area contributed by atoms with Crippen LogP contribution in [0.25, 0.3) is 0 Å². The van der Waals surface area contributed by atoms with Crippen LogP contribution in [0.15, 0.2) is 18.2 Å². The average Bonchev–Trinajstić information content (AvgIpc) is 1.98. The fourth-order valence-corrected chi connectivity index (χ4v) is 1.01. The van der Waals surface area contributed by atoms with Crippen LogP contribution in [0, 0.1) is 23.5 Å². The van der Waals surface area contributed by atoms with Gasteiger partial charge in [0.1, 0.15) is 5.82 Å². The monoisotopic (exact) mass is 212 g/mol. The molecule has 0 radical (unpaired) electrons. The van der Waals surface area contributed by atoms with E-state index in [4.69, 9.17) is 0 Å². The molecule has 1 aromatic carbocycles. The summed E-state index contributed by atoms with van der Waals surface area (Å²) in [4.78, 5) is 2.57. The molecular formula is C9H6BrF. The van der Waals surface area contributed by atoms with Gasteiger partial charge in [-0.3, -0.25) is 0 Å². The molecule has 0 N–H and O–H groups in total. The summed E-state index contributed by atoms with van der Waals surface area (Å²) < 4.78 is 12.7. The zero-order valence-electron chi connectivity index (χ0n) is 5.99. The van der Waals surface area contributed by atoms with Crippen LogP contribution in [-0.4, -0.2) is 0 Å². The molecular weight excluding hydrogens is 207 g/mol. The van der Waals surface area contributed by atoms with E-state index in [0.717, 1.165) is 5.56 Å². The first-order chi connectivity index (χ1) is 5.24. The molecule has 0 bridgehead atoms. The van der Waals surface area contributed by atoms with E-state index in [0.29, 0.717) is 5.56 Å². The van der Waals surface area contributed by atoms with Crippen molar-refractivity contribution >= 4 is 15.9 Å². The molecule has 2 heteroatoms. The van der Waals surface area contributed by atoms with Gasteiger partial charge in [-0.25, -0.2) is 4.39 Å². The van der Waals surface area contributed by atoms with Crippen LogP contribution in [-0.2, 0) is 0 Å². The molecule has 0 aliphatic heterocycles. The molecule has 0 nitrogen and oxygen atoms in total. The lowest BCUT2D eigenvalue weighted by molar-refractivity contribution is 0.618. The quantitative estimate of drug-likeness (QED) is 0.581. The smallest absolute Gasteiger partial charge is 0.126 e. The first kappa shape index (κ1) is 8.29. The molecule has 56 valence electrons. The molecule has 0 spiro atoms. The molecule has 0 amide bonds. The largest absolute Gasteiger partial charge is 0.207 e. The number of hydrogen-bond donors (Lipinski definition) is 0. The van der Waals surface area contributed by atoms with Crippen molar-refractivity contribution in [2.75, 3.05) is 0 Å². The van der Waals surface area contributed by atoms with Gasteiger partial charge in [0.05, 0.1) is 0 Å². The Bertz CT molecular complexity index is 320. The highest BCUT2D eigenvalue weighted by atomic mass is 79.9. The normalized spacial score (nSPS) is 8.64. The van der Waals surface area contributed by atoms with Crippen molar-refractivity contribution in [2.24, 2.45) is 0 Å². The molecule has 0 fully saturated rings. The van der Waals surface area contributed by atoms with Gasteiger partial charge in [0, 0.05) is 21.5 Å². The summed E-state index contributed by atoms with van der Waals surface area (Å²) >= 11 is 2.97. The van der Waals surface area contributed by atoms with Gasteiger partial charge in [0.25, 0.3) is 0 Å². The Labute approximate surface area is 73.6 Å². The van der Waals surface area contributed by atoms with Gasteiger partial charge < -0.3 is 0 Å². The Balaban J connectivity index is 3.12. The van der Waals surface area contributed by atoms with E-state index < -0.39 is 0 Å². The Morgan fingerprint density at radius 1 is 1.45 bits per heavy atom. The van der Waals surface area contributed by atoms with Crippen molar-refractivity contribution in [3.8, 4) is 10.8 Å². The lowest BCUT2D eigenvalue weighted by atomic mass is 10.1. The third kappa shape index (κ3) is 2.06. The number of rotatable bonds is 0. The molecule has 0 heterocycles. The molecule has 11 heavy (non-hydrogen) atoms. The zero-order valence-corrected chi connectivity index (χ0v) is 7.57. The Morgan fingerprint density at radius 2 is 2.18 bits per heavy atom. The van der Waals surface area contributed by atoms with Crippen molar-refractivity contribution in [1.82, 2.24) is 0 Å². The van der Waals surface area contributed by atoms with Crippen LogP contribution in [0.4, 0.5) is 4.39 Å². The first-order valence-electron chi connectivity index (χ1n) is 3.12. The standard InChI is InChI=1S/C9H6BrF/c1-7-6-8(4-5-10)2-3-9(7)11/h2-3,6H,1H3. The average molecular weight is 213 g/mol. The van der Waals surface area contributed by atoms with E-state index in [1.165, 1.54) is 6.07 Å². The highest BCUT2D eigenvalue weighted by molar-refractivity contribution is 9.12. The predicted octanol–water partition coefficient (Wildman–Crippen LogP) is 2.84. The van der Waals surface area contributed by atoms with Crippen molar-refractivity contribution in [1.29, 1.82) is 0 Å². The molecule has 0 saturated heterocycles. The zero-order chi connectivity index (χ0) is 8.27. The lowest BCUT2D eigenvalue weighted by Crippen LogP contribution is -1.82. The minimum Gasteiger partial charge on any atom is -0.207 e. The maximum absolute atomic E-state index is 12.7. The second-order valence-corrected chi connectivity index (χ2v) is 2.58. The Morgan fingerprint density at radius 3 is 2.73 bits per heavy atom. The SMILES string of the molecule is Cc1cc(C#CBr)ccc1F. The maximum atomic E-state index is 12.7. The van der Waals surface area contributed by atoms with Crippen LogP contribution >= 0.6 is 15.9 Å². The van der Waals surface area contributed by atoms with Crippen LogP contribution in [0.1, 0.15) is 11.1 Å². The third-order valence-corrected chi connectivity index (χ3v) is 1.55. The van der Waals surface area contributed by atoms with Crippen molar-refractivity contribution in [3.05, 3.63) is 35.1 Å². The topological polar surface area (TPSA) is 0 Å². The molecule has 1 aromatic rings. The summed E-state index contributed by atoms with van der Waals surface area (Å²) in [6.45, 7) is 1.72. The summed E-state index contributed by atoms with van der Waals surface area (Å²) in [7, 11) is 0. The van der Waals surface area contributed by atoms with Crippen molar-refractivity contribution < 1.29 is 4.39 Å². The van der Waals surface area contributed by atoms with Gasteiger partial charge in [-0.15, -0.1) is 0 Å². The Kier molecular flexibility index (Phi) is 2.67.